The number of aliphatic hydroxyl groups is 1. The molecule has 2 N–H and O–H groups in total. The summed E-state index contributed by atoms with van der Waals surface area (Å²) in [4.78, 5) is 12.2. The molecule has 0 unspecified atom stereocenters. The molecular formula is C15H11FN4O3. The maximum Gasteiger partial charge on any atom is 0.239 e. The molecule has 0 atom stereocenters. The van der Waals surface area contributed by atoms with Gasteiger partial charge in [0.15, 0.2) is 11.5 Å². The fraction of sp³-hybridized carbons (Fsp3) is 0.0667. The molecule has 0 amide bonds. The molecule has 0 fully saturated rings. The van der Waals surface area contributed by atoms with E-state index in [1.54, 1.807) is 18.2 Å². The zero-order valence-electron chi connectivity index (χ0n) is 11.7. The first kappa shape index (κ1) is 14.6. The topological polar surface area (TPSA) is 105 Å². The van der Waals surface area contributed by atoms with Crippen LogP contribution in [0.15, 0.2) is 47.3 Å². The molecule has 0 radical (unpaired) electrons. The molecule has 0 spiro atoms. The molecular weight excluding hydrogens is 303 g/mol. The van der Waals surface area contributed by atoms with Crippen LogP contribution in [-0.4, -0.2) is 31.5 Å². The quantitative estimate of drug-likeness (QED) is 0.425. The number of ketones is 1. The molecule has 7 nitrogen and oxygen atoms in total. The Bertz CT molecular complexity index is 855. The lowest BCUT2D eigenvalue weighted by Crippen LogP contribution is -2.01. The Kier molecular flexibility index (Phi) is 3.96. The summed E-state index contributed by atoms with van der Waals surface area (Å²) >= 11 is 0. The van der Waals surface area contributed by atoms with Gasteiger partial charge in [0.2, 0.25) is 5.82 Å². The first-order valence-electron chi connectivity index (χ1n) is 6.62. The van der Waals surface area contributed by atoms with Gasteiger partial charge >= 0.3 is 0 Å². The van der Waals surface area contributed by atoms with E-state index in [2.05, 4.69) is 20.6 Å². The van der Waals surface area contributed by atoms with E-state index in [4.69, 9.17) is 4.42 Å². The number of carbonyl (C=O) groups excluding carboxylic acids is 1. The summed E-state index contributed by atoms with van der Waals surface area (Å²) in [7, 11) is 0. The number of nitrogens with zero attached hydrogens (tertiary/aromatic N) is 3. The number of aromatic nitrogens is 4. The number of halogens is 1. The van der Waals surface area contributed by atoms with E-state index in [9.17, 15) is 14.3 Å². The van der Waals surface area contributed by atoms with Crippen LogP contribution in [0.5, 0.6) is 0 Å². The Hall–Kier alpha value is -3.29. The number of benzene rings is 1. The maximum atomic E-state index is 13.7. The van der Waals surface area contributed by atoms with Crippen molar-refractivity contribution in [1.29, 1.82) is 0 Å². The number of tetrazole rings is 1. The Morgan fingerprint density at radius 3 is 2.87 bits per heavy atom. The van der Waals surface area contributed by atoms with Crippen molar-refractivity contribution in [2.24, 2.45) is 0 Å². The smallest absolute Gasteiger partial charge is 0.239 e. The molecule has 23 heavy (non-hydrogen) atoms. The van der Waals surface area contributed by atoms with Crippen molar-refractivity contribution in [1.82, 2.24) is 20.6 Å². The minimum atomic E-state index is -0.507. The number of rotatable bonds is 5. The van der Waals surface area contributed by atoms with Crippen molar-refractivity contribution >= 4 is 11.5 Å². The highest BCUT2D eigenvalue weighted by Gasteiger charge is 2.16. The lowest BCUT2D eigenvalue weighted by Gasteiger charge is -2.02. The van der Waals surface area contributed by atoms with Crippen molar-refractivity contribution < 1.29 is 18.7 Å². The summed E-state index contributed by atoms with van der Waals surface area (Å²) in [6.07, 6.45) is 3.78. The number of furan rings is 1. The van der Waals surface area contributed by atoms with Gasteiger partial charge in [-0.2, -0.15) is 5.21 Å². The number of aliphatic hydroxyl groups excluding tert-OH is 1. The Morgan fingerprint density at radius 1 is 1.30 bits per heavy atom. The predicted octanol–water partition coefficient (Wildman–Crippen LogP) is 2.30. The number of H-pyrrole nitrogens is 1. The summed E-state index contributed by atoms with van der Waals surface area (Å²) in [6, 6.07) is 6.27. The molecule has 1 aromatic carbocycles. The molecule has 8 heteroatoms. The van der Waals surface area contributed by atoms with Crippen LogP contribution in [0.3, 0.4) is 0 Å². The SMILES string of the molecule is O=C(C=C(O)c1nn[nH]n1)c1cocc1Cc1ccccc1F. The summed E-state index contributed by atoms with van der Waals surface area (Å²) in [5.41, 5.74) is 1.18. The predicted molar refractivity (Wildman–Crippen MR) is 77.0 cm³/mol. The molecule has 3 aromatic rings. The van der Waals surface area contributed by atoms with E-state index in [-0.39, 0.29) is 23.6 Å². The van der Waals surface area contributed by atoms with E-state index in [0.717, 1.165) is 6.08 Å². The average molecular weight is 314 g/mol. The Morgan fingerprint density at radius 2 is 2.13 bits per heavy atom. The first-order chi connectivity index (χ1) is 11.1. The van der Waals surface area contributed by atoms with Crippen LogP contribution in [0.4, 0.5) is 4.39 Å². The summed E-state index contributed by atoms with van der Waals surface area (Å²) in [5.74, 6) is -1.40. The van der Waals surface area contributed by atoms with E-state index in [1.807, 2.05) is 0 Å². The van der Waals surface area contributed by atoms with Crippen molar-refractivity contribution in [2.45, 2.75) is 6.42 Å². The minimum absolute atomic E-state index is 0.0995. The lowest BCUT2D eigenvalue weighted by atomic mass is 10.0. The van der Waals surface area contributed by atoms with Gasteiger partial charge in [0, 0.05) is 18.1 Å². The number of allylic oxidation sites excluding steroid dienone is 1. The van der Waals surface area contributed by atoms with Gasteiger partial charge in [-0.05, 0) is 16.8 Å². The Labute approximate surface area is 129 Å². The van der Waals surface area contributed by atoms with Crippen LogP contribution in [0, 0.1) is 5.82 Å². The number of hydrogen-bond donors (Lipinski definition) is 2. The molecule has 2 heterocycles. The van der Waals surface area contributed by atoms with Crippen molar-refractivity contribution in [3.63, 3.8) is 0 Å². The summed E-state index contributed by atoms with van der Waals surface area (Å²) < 4.78 is 18.8. The van der Waals surface area contributed by atoms with Gasteiger partial charge in [-0.3, -0.25) is 4.79 Å². The largest absolute Gasteiger partial charge is 0.504 e. The van der Waals surface area contributed by atoms with Gasteiger partial charge in [-0.15, -0.1) is 10.2 Å². The normalized spacial score (nSPS) is 11.6. The maximum absolute atomic E-state index is 13.7. The third kappa shape index (κ3) is 3.15. The second-order valence-corrected chi connectivity index (χ2v) is 4.71. The second-order valence-electron chi connectivity index (χ2n) is 4.71. The van der Waals surface area contributed by atoms with Crippen LogP contribution >= 0.6 is 0 Å². The zero-order chi connectivity index (χ0) is 16.2. The van der Waals surface area contributed by atoms with Gasteiger partial charge in [0.05, 0.1) is 11.8 Å². The van der Waals surface area contributed by atoms with Gasteiger partial charge < -0.3 is 9.52 Å². The van der Waals surface area contributed by atoms with Crippen molar-refractivity contribution in [3.05, 3.63) is 71.2 Å². The van der Waals surface area contributed by atoms with Crippen LogP contribution in [0.2, 0.25) is 0 Å². The number of aromatic amines is 1. The molecule has 0 bridgehead atoms. The first-order valence-corrected chi connectivity index (χ1v) is 6.62. The fourth-order valence-electron chi connectivity index (χ4n) is 2.06. The highest BCUT2D eigenvalue weighted by atomic mass is 19.1. The van der Waals surface area contributed by atoms with Gasteiger partial charge in [0.25, 0.3) is 0 Å². The van der Waals surface area contributed by atoms with Gasteiger partial charge in [0.1, 0.15) is 12.1 Å². The molecule has 2 aromatic heterocycles. The van der Waals surface area contributed by atoms with E-state index < -0.39 is 11.5 Å². The molecule has 0 saturated heterocycles. The molecule has 0 saturated carbocycles. The highest BCUT2D eigenvalue weighted by molar-refractivity contribution is 6.08. The molecule has 0 aliphatic carbocycles. The van der Waals surface area contributed by atoms with Gasteiger partial charge in [-0.1, -0.05) is 18.2 Å². The molecule has 0 aliphatic heterocycles. The number of carbonyl (C=O) groups is 1. The van der Waals surface area contributed by atoms with Crippen molar-refractivity contribution in [3.8, 4) is 0 Å². The second kappa shape index (κ2) is 6.22. The third-order valence-electron chi connectivity index (χ3n) is 3.19. The highest BCUT2D eigenvalue weighted by Crippen LogP contribution is 2.19. The minimum Gasteiger partial charge on any atom is -0.504 e. The summed E-state index contributed by atoms with van der Waals surface area (Å²) in [6.45, 7) is 0. The molecule has 0 aliphatic rings. The zero-order valence-corrected chi connectivity index (χ0v) is 11.7. The van der Waals surface area contributed by atoms with Crippen molar-refractivity contribution in [2.75, 3.05) is 0 Å². The Balaban J connectivity index is 1.85. The monoisotopic (exact) mass is 314 g/mol. The van der Waals surface area contributed by atoms with E-state index in [1.165, 1.54) is 18.6 Å². The third-order valence-corrected chi connectivity index (χ3v) is 3.19. The summed E-state index contributed by atoms with van der Waals surface area (Å²) in [5, 5.41) is 22.3. The molecule has 3 rings (SSSR count). The average Bonchev–Trinajstić information content (AvgIpc) is 3.20. The lowest BCUT2D eigenvalue weighted by molar-refractivity contribution is 0.104. The molecule has 116 valence electrons. The van der Waals surface area contributed by atoms with Crippen LogP contribution < -0.4 is 0 Å². The number of nitrogens with one attached hydrogen (secondary N) is 1. The van der Waals surface area contributed by atoms with E-state index in [0.29, 0.717) is 11.1 Å². The van der Waals surface area contributed by atoms with Crippen LogP contribution in [0.25, 0.3) is 5.76 Å². The van der Waals surface area contributed by atoms with Crippen LogP contribution in [0.1, 0.15) is 27.3 Å². The standard InChI is InChI=1S/C15H11FN4O3/c16-12-4-2-1-3-9(12)5-10-7-23-8-11(10)13(21)6-14(22)15-17-19-20-18-15/h1-4,6-8,22H,5H2,(H,17,18,19,20). The van der Waals surface area contributed by atoms with Crippen LogP contribution in [-0.2, 0) is 6.42 Å². The van der Waals surface area contributed by atoms with Gasteiger partial charge in [-0.25, -0.2) is 4.39 Å². The number of hydrogen-bond acceptors (Lipinski definition) is 6. The fourth-order valence-corrected chi connectivity index (χ4v) is 2.06. The van der Waals surface area contributed by atoms with E-state index >= 15 is 0 Å².